The quantitative estimate of drug-likeness (QED) is 0.585. The number of alkyl halides is 3. The average molecular weight is 405 g/mol. The molecule has 1 aromatic carbocycles. The van der Waals surface area contributed by atoms with Crippen LogP contribution in [-0.4, -0.2) is 27.5 Å². The molecule has 1 aliphatic rings. The van der Waals surface area contributed by atoms with Crippen LogP contribution in [0, 0.1) is 5.92 Å². The number of hydrogen-bond donors (Lipinski definition) is 0. The second-order valence-corrected chi connectivity index (χ2v) is 6.95. The second-order valence-electron chi connectivity index (χ2n) is 6.95. The Labute approximate surface area is 164 Å². The summed E-state index contributed by atoms with van der Waals surface area (Å²) >= 11 is 0. The molecule has 2 aromatic heterocycles. The van der Waals surface area contributed by atoms with Crippen LogP contribution in [0.4, 0.5) is 13.2 Å². The predicted octanol–water partition coefficient (Wildman–Crippen LogP) is 4.33. The Morgan fingerprint density at radius 3 is 2.55 bits per heavy atom. The molecule has 6 nitrogen and oxygen atoms in total. The number of nitrogens with zero attached hydrogens (tertiary/aromatic N) is 3. The Morgan fingerprint density at radius 1 is 1.17 bits per heavy atom. The van der Waals surface area contributed by atoms with Crippen LogP contribution < -0.4 is 0 Å². The number of hydrogen-bond acceptors (Lipinski definition) is 5. The van der Waals surface area contributed by atoms with Crippen LogP contribution in [0.1, 0.15) is 30.1 Å². The lowest BCUT2D eigenvalue weighted by molar-refractivity contribution is -0.137. The van der Waals surface area contributed by atoms with Crippen molar-refractivity contribution < 1.29 is 26.9 Å². The highest BCUT2D eigenvalue weighted by molar-refractivity contribution is 5.81. The van der Waals surface area contributed by atoms with Crippen molar-refractivity contribution in [2.24, 2.45) is 5.92 Å². The molecule has 2 heterocycles. The molecule has 1 saturated carbocycles. The van der Waals surface area contributed by atoms with Crippen molar-refractivity contribution in [3.63, 3.8) is 0 Å². The topological polar surface area (TPSA) is 72.4 Å². The molecule has 1 aliphatic carbocycles. The number of benzene rings is 1. The Kier molecular flexibility index (Phi) is 5.12. The van der Waals surface area contributed by atoms with Gasteiger partial charge in [-0.1, -0.05) is 17.3 Å². The van der Waals surface area contributed by atoms with E-state index in [1.165, 1.54) is 12.1 Å². The van der Waals surface area contributed by atoms with Gasteiger partial charge in [-0.15, -0.1) is 0 Å². The molecule has 1 fully saturated rings. The van der Waals surface area contributed by atoms with E-state index in [4.69, 9.17) is 8.94 Å². The van der Waals surface area contributed by atoms with Gasteiger partial charge in [-0.3, -0.25) is 4.79 Å². The monoisotopic (exact) mass is 405 g/mol. The normalized spacial score (nSPS) is 14.2. The van der Waals surface area contributed by atoms with Gasteiger partial charge >= 0.3 is 6.18 Å². The maximum Gasteiger partial charge on any atom is 0.416 e. The number of carbonyl (C=O) groups is 1. The van der Waals surface area contributed by atoms with Crippen LogP contribution >= 0.6 is 0 Å². The molecule has 9 heteroatoms. The first-order valence-corrected chi connectivity index (χ1v) is 9.21. The number of halogens is 3. The summed E-state index contributed by atoms with van der Waals surface area (Å²) in [6, 6.07) is 8.14. The van der Waals surface area contributed by atoms with E-state index in [9.17, 15) is 18.0 Å². The van der Waals surface area contributed by atoms with E-state index in [-0.39, 0.29) is 17.6 Å². The SMILES string of the molecule is O=C(C1CC1)N(CCc1nc(-c2ccc(C(F)(F)F)cc2)no1)Cc1ccco1. The molecule has 4 rings (SSSR count). The molecule has 0 radical (unpaired) electrons. The van der Waals surface area contributed by atoms with E-state index in [2.05, 4.69) is 10.1 Å². The lowest BCUT2D eigenvalue weighted by Crippen LogP contribution is -2.33. The van der Waals surface area contributed by atoms with Crippen LogP contribution in [0.25, 0.3) is 11.4 Å². The highest BCUT2D eigenvalue weighted by atomic mass is 19.4. The van der Waals surface area contributed by atoms with Gasteiger partial charge in [-0.05, 0) is 37.1 Å². The largest absolute Gasteiger partial charge is 0.467 e. The molecular formula is C20H18F3N3O3. The molecule has 0 atom stereocenters. The lowest BCUT2D eigenvalue weighted by atomic mass is 10.1. The smallest absolute Gasteiger partial charge is 0.416 e. The summed E-state index contributed by atoms with van der Waals surface area (Å²) in [5.41, 5.74) is -0.313. The van der Waals surface area contributed by atoms with Crippen molar-refractivity contribution in [2.45, 2.75) is 32.0 Å². The zero-order chi connectivity index (χ0) is 20.4. The minimum absolute atomic E-state index is 0.0651. The summed E-state index contributed by atoms with van der Waals surface area (Å²) in [5, 5.41) is 3.83. The summed E-state index contributed by atoms with van der Waals surface area (Å²) in [4.78, 5) is 18.5. The van der Waals surface area contributed by atoms with E-state index in [0.29, 0.717) is 36.7 Å². The molecule has 0 aliphatic heterocycles. The van der Waals surface area contributed by atoms with Crippen LogP contribution in [0.5, 0.6) is 0 Å². The highest BCUT2D eigenvalue weighted by Crippen LogP contribution is 2.32. The zero-order valence-electron chi connectivity index (χ0n) is 15.4. The summed E-state index contributed by atoms with van der Waals surface area (Å²) in [6.07, 6.45) is -0.707. The summed E-state index contributed by atoms with van der Waals surface area (Å²) in [5.74, 6) is 1.35. The Morgan fingerprint density at radius 2 is 1.93 bits per heavy atom. The summed E-state index contributed by atoms with van der Waals surface area (Å²) in [7, 11) is 0. The number of furan rings is 1. The van der Waals surface area contributed by atoms with Crippen LogP contribution in [0.3, 0.4) is 0 Å². The van der Waals surface area contributed by atoms with Gasteiger partial charge in [0, 0.05) is 24.4 Å². The van der Waals surface area contributed by atoms with E-state index < -0.39 is 11.7 Å². The van der Waals surface area contributed by atoms with Crippen molar-refractivity contribution in [1.29, 1.82) is 0 Å². The van der Waals surface area contributed by atoms with Gasteiger partial charge in [0.05, 0.1) is 18.4 Å². The van der Waals surface area contributed by atoms with Crippen LogP contribution in [-0.2, 0) is 23.9 Å². The molecule has 3 aromatic rings. The van der Waals surface area contributed by atoms with Crippen molar-refractivity contribution in [1.82, 2.24) is 15.0 Å². The van der Waals surface area contributed by atoms with Gasteiger partial charge < -0.3 is 13.8 Å². The first-order chi connectivity index (χ1) is 13.9. The number of amides is 1. The molecule has 0 bridgehead atoms. The lowest BCUT2D eigenvalue weighted by Gasteiger charge is -2.20. The van der Waals surface area contributed by atoms with Gasteiger partial charge in [0.1, 0.15) is 5.76 Å². The molecule has 1 amide bonds. The third kappa shape index (κ3) is 4.67. The Hall–Kier alpha value is -3.10. The van der Waals surface area contributed by atoms with Crippen molar-refractivity contribution >= 4 is 5.91 Å². The highest BCUT2D eigenvalue weighted by Gasteiger charge is 2.34. The third-order valence-corrected chi connectivity index (χ3v) is 4.70. The average Bonchev–Trinajstić information content (AvgIpc) is 3.22. The standard InChI is InChI=1S/C20H18F3N3O3/c21-20(22,23)15-7-5-13(6-8-15)18-24-17(29-25-18)9-10-26(19(27)14-3-4-14)12-16-2-1-11-28-16/h1-2,5-8,11,14H,3-4,9-10,12H2. The fraction of sp³-hybridized carbons (Fsp3) is 0.350. The predicted molar refractivity (Wildman–Crippen MR) is 95.3 cm³/mol. The van der Waals surface area contributed by atoms with Crippen molar-refractivity contribution in [3.8, 4) is 11.4 Å². The van der Waals surface area contributed by atoms with Gasteiger partial charge in [-0.25, -0.2) is 0 Å². The molecule has 0 N–H and O–H groups in total. The van der Waals surface area contributed by atoms with E-state index in [1.54, 1.807) is 17.2 Å². The van der Waals surface area contributed by atoms with E-state index >= 15 is 0 Å². The zero-order valence-corrected chi connectivity index (χ0v) is 15.4. The van der Waals surface area contributed by atoms with E-state index in [1.807, 2.05) is 6.07 Å². The first kappa shape index (κ1) is 19.2. The molecule has 0 unspecified atom stereocenters. The molecular weight excluding hydrogens is 387 g/mol. The summed E-state index contributed by atoms with van der Waals surface area (Å²) < 4.78 is 48.6. The minimum Gasteiger partial charge on any atom is -0.467 e. The van der Waals surface area contributed by atoms with Gasteiger partial charge in [0.25, 0.3) is 0 Å². The number of rotatable bonds is 7. The maximum atomic E-state index is 12.7. The molecule has 152 valence electrons. The number of aromatic nitrogens is 2. The van der Waals surface area contributed by atoms with Gasteiger partial charge in [-0.2, -0.15) is 18.2 Å². The van der Waals surface area contributed by atoms with Gasteiger partial charge in [0.15, 0.2) is 0 Å². The molecule has 29 heavy (non-hydrogen) atoms. The van der Waals surface area contributed by atoms with Crippen molar-refractivity contribution in [2.75, 3.05) is 6.54 Å². The van der Waals surface area contributed by atoms with Gasteiger partial charge in [0.2, 0.25) is 17.6 Å². The van der Waals surface area contributed by atoms with Crippen LogP contribution in [0.2, 0.25) is 0 Å². The molecule has 0 spiro atoms. The molecule has 0 saturated heterocycles. The van der Waals surface area contributed by atoms with Crippen molar-refractivity contribution in [3.05, 3.63) is 59.9 Å². The Bertz CT molecular complexity index is 961. The maximum absolute atomic E-state index is 12.7. The van der Waals surface area contributed by atoms with E-state index in [0.717, 1.165) is 25.0 Å². The van der Waals surface area contributed by atoms with Crippen LogP contribution in [0.15, 0.2) is 51.6 Å². The fourth-order valence-electron chi connectivity index (χ4n) is 2.96. The Balaban J connectivity index is 1.41. The number of carbonyl (C=O) groups excluding carboxylic acids is 1. The first-order valence-electron chi connectivity index (χ1n) is 9.21. The minimum atomic E-state index is -4.40. The third-order valence-electron chi connectivity index (χ3n) is 4.70. The fourth-order valence-corrected chi connectivity index (χ4v) is 2.96. The summed E-state index contributed by atoms with van der Waals surface area (Å²) in [6.45, 7) is 0.743. The second kappa shape index (κ2) is 7.73.